The third kappa shape index (κ3) is 1.73. The first-order chi connectivity index (χ1) is 8.66. The summed E-state index contributed by atoms with van der Waals surface area (Å²) in [5.41, 5.74) is 2.13. The number of carbonyl (C=O) groups is 1. The van der Waals surface area contributed by atoms with E-state index >= 15 is 0 Å². The van der Waals surface area contributed by atoms with E-state index in [-0.39, 0.29) is 11.8 Å². The van der Waals surface area contributed by atoms with Crippen LogP contribution in [0, 0.1) is 5.92 Å². The lowest BCUT2D eigenvalue weighted by atomic mass is 10.0. The third-order valence-electron chi connectivity index (χ3n) is 3.46. The maximum Gasteiger partial charge on any atom is 0.255 e. The molecule has 0 N–H and O–H groups in total. The standard InChI is InChI=1S/C14H16N2O2/c1-9(2)10-3-4-11-6-15-16(13(11)5-10)14(17)12-7-18-8-12/h3-6,9,12H,7-8H2,1-2H3. The molecule has 0 radical (unpaired) electrons. The van der Waals surface area contributed by atoms with Gasteiger partial charge in [-0.3, -0.25) is 4.79 Å². The summed E-state index contributed by atoms with van der Waals surface area (Å²) >= 11 is 0. The van der Waals surface area contributed by atoms with Crippen molar-refractivity contribution in [2.45, 2.75) is 19.8 Å². The van der Waals surface area contributed by atoms with E-state index in [0.717, 1.165) is 10.9 Å². The van der Waals surface area contributed by atoms with Gasteiger partial charge in [0.25, 0.3) is 5.91 Å². The van der Waals surface area contributed by atoms with Gasteiger partial charge in [-0.25, -0.2) is 0 Å². The topological polar surface area (TPSA) is 44.1 Å². The zero-order chi connectivity index (χ0) is 12.7. The van der Waals surface area contributed by atoms with Gasteiger partial charge in [-0.15, -0.1) is 0 Å². The van der Waals surface area contributed by atoms with Gasteiger partial charge in [0, 0.05) is 5.39 Å². The molecule has 0 unspecified atom stereocenters. The van der Waals surface area contributed by atoms with Crippen LogP contribution in [0.5, 0.6) is 0 Å². The van der Waals surface area contributed by atoms with Crippen LogP contribution in [-0.2, 0) is 4.74 Å². The molecule has 1 aromatic carbocycles. The lowest BCUT2D eigenvalue weighted by Crippen LogP contribution is -2.38. The number of aromatic nitrogens is 2. The first-order valence-electron chi connectivity index (χ1n) is 6.26. The van der Waals surface area contributed by atoms with Gasteiger partial charge in [0.15, 0.2) is 0 Å². The van der Waals surface area contributed by atoms with Crippen LogP contribution < -0.4 is 0 Å². The fourth-order valence-corrected chi connectivity index (χ4v) is 2.12. The molecule has 0 atom stereocenters. The number of hydrogen-bond donors (Lipinski definition) is 0. The summed E-state index contributed by atoms with van der Waals surface area (Å²) in [4.78, 5) is 12.2. The quantitative estimate of drug-likeness (QED) is 0.815. The molecule has 1 fully saturated rings. The van der Waals surface area contributed by atoms with Gasteiger partial charge in [-0.05, 0) is 17.5 Å². The van der Waals surface area contributed by atoms with E-state index in [4.69, 9.17) is 4.74 Å². The zero-order valence-corrected chi connectivity index (χ0v) is 10.6. The van der Waals surface area contributed by atoms with Crippen molar-refractivity contribution in [1.82, 2.24) is 9.78 Å². The summed E-state index contributed by atoms with van der Waals surface area (Å²) in [5.74, 6) is 0.452. The van der Waals surface area contributed by atoms with Gasteiger partial charge in [-0.2, -0.15) is 9.78 Å². The molecule has 0 bridgehead atoms. The molecule has 1 saturated heterocycles. The van der Waals surface area contributed by atoms with Crippen molar-refractivity contribution in [2.75, 3.05) is 13.2 Å². The van der Waals surface area contributed by atoms with Crippen LogP contribution in [0.4, 0.5) is 0 Å². The van der Waals surface area contributed by atoms with Crippen LogP contribution in [0.15, 0.2) is 24.4 Å². The number of benzene rings is 1. The molecule has 3 rings (SSSR count). The third-order valence-corrected chi connectivity index (χ3v) is 3.46. The summed E-state index contributed by atoms with van der Waals surface area (Å²) in [6.07, 6.45) is 1.75. The SMILES string of the molecule is CC(C)c1ccc2cnn(C(=O)C3COC3)c2c1. The number of carbonyl (C=O) groups excluding carboxylic acids is 1. The Kier molecular flexibility index (Phi) is 2.67. The second-order valence-corrected chi connectivity index (χ2v) is 5.10. The van der Waals surface area contributed by atoms with Gasteiger partial charge in [0.1, 0.15) is 0 Å². The second kappa shape index (κ2) is 4.21. The van der Waals surface area contributed by atoms with Gasteiger partial charge >= 0.3 is 0 Å². The molecular weight excluding hydrogens is 228 g/mol. The van der Waals surface area contributed by atoms with E-state index < -0.39 is 0 Å². The maximum atomic E-state index is 12.2. The van der Waals surface area contributed by atoms with Crippen molar-refractivity contribution in [3.63, 3.8) is 0 Å². The van der Waals surface area contributed by atoms with Crippen molar-refractivity contribution in [3.8, 4) is 0 Å². The van der Waals surface area contributed by atoms with Crippen molar-refractivity contribution in [2.24, 2.45) is 5.92 Å². The van der Waals surface area contributed by atoms with E-state index in [0.29, 0.717) is 19.1 Å². The molecule has 94 valence electrons. The van der Waals surface area contributed by atoms with Crippen molar-refractivity contribution in [1.29, 1.82) is 0 Å². The van der Waals surface area contributed by atoms with Crippen LogP contribution >= 0.6 is 0 Å². The Morgan fingerprint density at radius 2 is 2.22 bits per heavy atom. The van der Waals surface area contributed by atoms with Crippen LogP contribution in [0.1, 0.15) is 30.1 Å². The van der Waals surface area contributed by atoms with Gasteiger partial charge in [-0.1, -0.05) is 26.0 Å². The molecule has 0 spiro atoms. The largest absolute Gasteiger partial charge is 0.380 e. The van der Waals surface area contributed by atoms with Gasteiger partial charge in [0.2, 0.25) is 0 Å². The Morgan fingerprint density at radius 3 is 2.83 bits per heavy atom. The highest BCUT2D eigenvalue weighted by molar-refractivity contribution is 5.92. The molecule has 0 saturated carbocycles. The fourth-order valence-electron chi connectivity index (χ4n) is 2.12. The molecule has 2 heterocycles. The van der Waals surface area contributed by atoms with E-state index in [9.17, 15) is 4.79 Å². The van der Waals surface area contributed by atoms with Crippen LogP contribution in [-0.4, -0.2) is 28.9 Å². The Balaban J connectivity index is 2.05. The number of nitrogens with zero attached hydrogens (tertiary/aromatic N) is 2. The summed E-state index contributed by atoms with van der Waals surface area (Å²) in [6, 6.07) is 6.18. The van der Waals surface area contributed by atoms with E-state index in [2.05, 4.69) is 31.1 Å². The van der Waals surface area contributed by atoms with Gasteiger partial charge in [0.05, 0.1) is 30.8 Å². The minimum atomic E-state index is -0.0317. The predicted molar refractivity (Wildman–Crippen MR) is 68.8 cm³/mol. The van der Waals surface area contributed by atoms with E-state index in [1.165, 1.54) is 10.2 Å². The molecule has 4 nitrogen and oxygen atoms in total. The predicted octanol–water partition coefficient (Wildman–Crippen LogP) is 2.45. The van der Waals surface area contributed by atoms with Crippen molar-refractivity contribution < 1.29 is 9.53 Å². The molecule has 1 aromatic heterocycles. The average Bonchev–Trinajstić information content (AvgIpc) is 2.68. The highest BCUT2D eigenvalue weighted by Gasteiger charge is 2.29. The lowest BCUT2D eigenvalue weighted by molar-refractivity contribution is -0.0243. The summed E-state index contributed by atoms with van der Waals surface area (Å²) in [5, 5.41) is 5.22. The number of hydrogen-bond acceptors (Lipinski definition) is 3. The smallest absolute Gasteiger partial charge is 0.255 e. The molecular formula is C14H16N2O2. The Morgan fingerprint density at radius 1 is 1.44 bits per heavy atom. The number of ether oxygens (including phenoxy) is 1. The summed E-state index contributed by atoms with van der Waals surface area (Å²) in [7, 11) is 0. The first kappa shape index (κ1) is 11.4. The Bertz CT molecular complexity index is 597. The highest BCUT2D eigenvalue weighted by atomic mass is 16.5. The Hall–Kier alpha value is -1.68. The molecule has 4 heteroatoms. The normalized spacial score (nSPS) is 16.2. The lowest BCUT2D eigenvalue weighted by Gasteiger charge is -2.24. The molecule has 18 heavy (non-hydrogen) atoms. The molecule has 0 amide bonds. The number of rotatable bonds is 2. The maximum absolute atomic E-state index is 12.2. The minimum absolute atomic E-state index is 0.0317. The van der Waals surface area contributed by atoms with Crippen LogP contribution in [0.25, 0.3) is 10.9 Å². The van der Waals surface area contributed by atoms with E-state index in [1.54, 1.807) is 6.20 Å². The average molecular weight is 244 g/mol. The zero-order valence-electron chi connectivity index (χ0n) is 10.6. The fraction of sp³-hybridized carbons (Fsp3) is 0.429. The monoisotopic (exact) mass is 244 g/mol. The molecule has 1 aliphatic rings. The molecule has 1 aliphatic heterocycles. The van der Waals surface area contributed by atoms with Crippen molar-refractivity contribution >= 4 is 16.8 Å². The van der Waals surface area contributed by atoms with Crippen molar-refractivity contribution in [3.05, 3.63) is 30.0 Å². The summed E-state index contributed by atoms with van der Waals surface area (Å²) < 4.78 is 6.59. The van der Waals surface area contributed by atoms with E-state index in [1.807, 2.05) is 6.07 Å². The Labute approximate surface area is 106 Å². The van der Waals surface area contributed by atoms with Crippen LogP contribution in [0.2, 0.25) is 0 Å². The second-order valence-electron chi connectivity index (χ2n) is 5.10. The number of fused-ring (bicyclic) bond motifs is 1. The highest BCUT2D eigenvalue weighted by Crippen LogP contribution is 2.23. The molecule has 0 aliphatic carbocycles. The molecule has 2 aromatic rings. The summed E-state index contributed by atoms with van der Waals surface area (Å²) in [6.45, 7) is 5.32. The van der Waals surface area contributed by atoms with Crippen LogP contribution in [0.3, 0.4) is 0 Å². The minimum Gasteiger partial charge on any atom is -0.380 e. The van der Waals surface area contributed by atoms with Gasteiger partial charge < -0.3 is 4.74 Å². The first-order valence-corrected chi connectivity index (χ1v) is 6.26.